The number of carbonyl (C=O) groups is 13. The third-order valence-corrected chi connectivity index (χ3v) is 15.2. The van der Waals surface area contributed by atoms with E-state index in [1.165, 1.54) is 62.5 Å². The van der Waals surface area contributed by atoms with E-state index in [1.54, 1.807) is 20.8 Å². The molecule has 558 valence electrons. The molecule has 97 heavy (non-hydrogen) atoms. The molecule has 0 aromatic rings. The van der Waals surface area contributed by atoms with E-state index in [0.29, 0.717) is 0 Å². The second-order valence-electron chi connectivity index (χ2n) is 32.5. The van der Waals surface area contributed by atoms with Gasteiger partial charge in [0, 0.05) is 0 Å². The molecule has 0 fully saturated rings. The molecule has 0 saturated heterocycles. The molecule has 0 saturated carbocycles. The maximum atomic E-state index is 14.4. The van der Waals surface area contributed by atoms with Gasteiger partial charge in [0.25, 0.3) is 0 Å². The van der Waals surface area contributed by atoms with Crippen molar-refractivity contribution in [3.05, 3.63) is 0 Å². The Kier molecular flexibility index (Phi) is 36.6. The molecule has 0 bridgehead atoms. The van der Waals surface area contributed by atoms with Crippen LogP contribution in [-0.4, -0.2) is 160 Å². The third kappa shape index (κ3) is 34.3. The van der Waals surface area contributed by atoms with Crippen LogP contribution in [0.5, 0.6) is 0 Å². The summed E-state index contributed by atoms with van der Waals surface area (Å²) in [4.78, 5) is 181. The molecule has 0 aromatic heterocycles. The highest BCUT2D eigenvalue weighted by Crippen LogP contribution is 2.19. The first kappa shape index (κ1) is 89.9. The van der Waals surface area contributed by atoms with Crippen LogP contribution in [0.4, 0.5) is 4.79 Å². The van der Waals surface area contributed by atoms with Gasteiger partial charge in [0.1, 0.15) is 76.1 Å². The van der Waals surface area contributed by atoms with Gasteiger partial charge in [0.15, 0.2) is 0 Å². The minimum atomic E-state index is -1.73. The van der Waals surface area contributed by atoms with Crippen molar-refractivity contribution in [1.82, 2.24) is 63.8 Å². The second kappa shape index (κ2) is 39.5. The lowest BCUT2D eigenvalue weighted by molar-refractivity contribution is -0.149. The van der Waals surface area contributed by atoms with Crippen LogP contribution in [0.15, 0.2) is 0 Å². The van der Waals surface area contributed by atoms with Gasteiger partial charge in [0.2, 0.25) is 65.0 Å². The fraction of sp³-hybridized carbons (Fsp3) is 0.814. The largest absolute Gasteiger partial charge is 0.467 e. The van der Waals surface area contributed by atoms with Gasteiger partial charge in [-0.3, -0.25) is 52.7 Å². The Morgan fingerprint density at radius 1 is 0.258 bits per heavy atom. The summed E-state index contributed by atoms with van der Waals surface area (Å²) < 4.78 is 10.2. The van der Waals surface area contributed by atoms with Crippen LogP contribution in [0.25, 0.3) is 0 Å². The van der Waals surface area contributed by atoms with Crippen LogP contribution in [0, 0.1) is 47.3 Å². The standard InChI is InChI=1S/C70H128N12O15/c1-37(2)29-45(53(83)71-50(34-42(11)12)58(88)80-68(22,23)62(92)77-47(31-39(5)6)55(85)73-52(36-44(15)16)60(90)82-70(26,27)64(94)96-28)75-61(91)67(20,21)79-57(87)49(33-41(9)10)72-54(84)46(30-38(3)4)76-63(93)69(24,25)81-59(89)51(35-43(13)14)74-56(86)48(32-40(7)8)78-65(95)97-66(17,18)19/h37-52H,29-36H2,1-28H3,(H,71,83)(H,72,84)(H,73,85)(H,74,86)(H,75,91)(H,76,93)(H,77,92)(H,78,95)(H,79,87)(H,80,88)(H,81,89)(H,82,90)/t45-,46-,47+,48-,49+,50+,51+,52+/m1/s1. The summed E-state index contributed by atoms with van der Waals surface area (Å²) in [6.45, 7) is 46.1. The number of alkyl carbamates (subject to hydrolysis) is 1. The third-order valence-electron chi connectivity index (χ3n) is 15.2. The average molecular weight is 1380 g/mol. The van der Waals surface area contributed by atoms with Crippen LogP contribution in [0.3, 0.4) is 0 Å². The summed E-state index contributed by atoms with van der Waals surface area (Å²) in [6, 6.07) is -9.40. The van der Waals surface area contributed by atoms with Crippen molar-refractivity contribution in [2.75, 3.05) is 7.11 Å². The predicted molar refractivity (Wildman–Crippen MR) is 373 cm³/mol. The van der Waals surface area contributed by atoms with Gasteiger partial charge in [-0.25, -0.2) is 9.59 Å². The van der Waals surface area contributed by atoms with Crippen molar-refractivity contribution >= 4 is 77.0 Å². The first-order valence-electron chi connectivity index (χ1n) is 34.6. The zero-order chi connectivity index (χ0) is 75.8. The van der Waals surface area contributed by atoms with E-state index >= 15 is 0 Å². The Labute approximate surface area is 579 Å². The van der Waals surface area contributed by atoms with Crippen LogP contribution >= 0.6 is 0 Å². The van der Waals surface area contributed by atoms with E-state index < -0.39 is 153 Å². The molecule has 0 aliphatic rings. The molecular formula is C70H128N12O15. The topological polar surface area (TPSA) is 385 Å². The van der Waals surface area contributed by atoms with Gasteiger partial charge in [-0.2, -0.15) is 0 Å². The van der Waals surface area contributed by atoms with E-state index in [2.05, 4.69) is 63.8 Å². The van der Waals surface area contributed by atoms with Crippen LogP contribution in [-0.2, 0) is 67.0 Å². The molecular weight excluding hydrogens is 1250 g/mol. The van der Waals surface area contributed by atoms with E-state index in [4.69, 9.17) is 9.47 Å². The number of amides is 12. The molecule has 0 aliphatic carbocycles. The zero-order valence-electron chi connectivity index (χ0n) is 64.0. The fourth-order valence-electron chi connectivity index (χ4n) is 10.2. The lowest BCUT2D eigenvalue weighted by Crippen LogP contribution is -2.65. The van der Waals surface area contributed by atoms with Crippen molar-refractivity contribution in [2.24, 2.45) is 47.3 Å². The van der Waals surface area contributed by atoms with Gasteiger partial charge >= 0.3 is 12.1 Å². The molecule has 0 spiro atoms. The zero-order valence-corrected chi connectivity index (χ0v) is 64.0. The molecule has 0 heterocycles. The van der Waals surface area contributed by atoms with Gasteiger partial charge in [0.05, 0.1) is 7.11 Å². The molecule has 0 unspecified atom stereocenters. The SMILES string of the molecule is COC(=O)C(C)(C)NC(=O)[C@H](CC(C)C)NC(=O)[C@H](CC(C)C)NC(=O)C(C)(C)NC(=O)[C@H](CC(C)C)NC(=O)[C@@H](CC(C)C)NC(=O)C(C)(C)NC(=O)[C@H](CC(C)C)NC(=O)[C@@H](CC(C)C)NC(=O)C(C)(C)NC(=O)[C@H](CC(C)C)NC(=O)[C@@H](CC(C)C)NC(=O)OC(C)(C)C. The molecule has 8 atom stereocenters. The minimum Gasteiger partial charge on any atom is -0.467 e. The quantitative estimate of drug-likeness (QED) is 0.0342. The monoisotopic (exact) mass is 1380 g/mol. The summed E-state index contributed by atoms with van der Waals surface area (Å²) in [6.07, 6.45) is 0.335. The first-order chi connectivity index (χ1) is 44.1. The predicted octanol–water partition coefficient (Wildman–Crippen LogP) is 5.39. The van der Waals surface area contributed by atoms with E-state index in [0.717, 1.165) is 0 Å². The summed E-state index contributed by atoms with van der Waals surface area (Å²) >= 11 is 0. The van der Waals surface area contributed by atoms with Crippen molar-refractivity contribution < 1.29 is 71.8 Å². The van der Waals surface area contributed by atoms with Crippen LogP contribution < -0.4 is 63.8 Å². The molecule has 0 radical (unpaired) electrons. The molecule has 0 aliphatic heterocycles. The van der Waals surface area contributed by atoms with E-state index in [1.807, 2.05) is 111 Å². The van der Waals surface area contributed by atoms with E-state index in [-0.39, 0.29) is 98.7 Å². The van der Waals surface area contributed by atoms with Crippen molar-refractivity contribution in [1.29, 1.82) is 0 Å². The number of hydrogen-bond acceptors (Lipinski definition) is 15. The van der Waals surface area contributed by atoms with Gasteiger partial charge in [-0.15, -0.1) is 0 Å². The Morgan fingerprint density at radius 3 is 0.608 bits per heavy atom. The number of hydrogen-bond donors (Lipinski definition) is 12. The lowest BCUT2D eigenvalue weighted by Gasteiger charge is -2.33. The highest BCUT2D eigenvalue weighted by Gasteiger charge is 2.42. The first-order valence-corrected chi connectivity index (χ1v) is 34.6. The summed E-state index contributed by atoms with van der Waals surface area (Å²) in [5.74, 6) is -9.56. The molecule has 27 nitrogen and oxygen atoms in total. The minimum absolute atomic E-state index is 0.0313. The number of carbonyl (C=O) groups excluding carboxylic acids is 13. The van der Waals surface area contributed by atoms with Crippen LogP contribution in [0.2, 0.25) is 0 Å². The van der Waals surface area contributed by atoms with Crippen LogP contribution in [0.1, 0.15) is 238 Å². The van der Waals surface area contributed by atoms with Gasteiger partial charge in [-0.05, 0) is 175 Å². The smallest absolute Gasteiger partial charge is 0.408 e. The maximum absolute atomic E-state index is 14.4. The average Bonchev–Trinajstić information content (AvgIpc) is 0.860. The highest BCUT2D eigenvalue weighted by molar-refractivity contribution is 6.01. The van der Waals surface area contributed by atoms with Gasteiger partial charge in [-0.1, -0.05) is 111 Å². The summed E-state index contributed by atoms with van der Waals surface area (Å²) in [5.41, 5.74) is -7.32. The summed E-state index contributed by atoms with van der Waals surface area (Å²) in [5, 5.41) is 32.8. The number of methoxy groups -OCH3 is 1. The fourth-order valence-corrected chi connectivity index (χ4v) is 10.2. The van der Waals surface area contributed by atoms with Crippen molar-refractivity contribution in [3.8, 4) is 0 Å². The van der Waals surface area contributed by atoms with Crippen molar-refractivity contribution in [2.45, 2.75) is 314 Å². The normalized spacial score (nSPS) is 14.8. The molecule has 27 heteroatoms. The number of nitrogens with one attached hydrogen (secondary N) is 12. The Morgan fingerprint density at radius 2 is 0.433 bits per heavy atom. The second-order valence-corrected chi connectivity index (χ2v) is 32.5. The molecule has 0 aromatic carbocycles. The number of esters is 1. The Bertz CT molecular complexity index is 2680. The number of ether oxygens (including phenoxy) is 2. The van der Waals surface area contributed by atoms with E-state index in [9.17, 15) is 62.3 Å². The van der Waals surface area contributed by atoms with Crippen molar-refractivity contribution in [3.63, 3.8) is 0 Å². The Balaban J connectivity index is 6.70. The lowest BCUT2D eigenvalue weighted by atomic mass is 9.96. The maximum Gasteiger partial charge on any atom is 0.408 e. The Hall–Kier alpha value is -7.09. The number of rotatable bonds is 40. The molecule has 12 N–H and O–H groups in total. The molecule has 0 rings (SSSR count). The van der Waals surface area contributed by atoms with Gasteiger partial charge < -0.3 is 73.3 Å². The molecule has 12 amide bonds. The summed E-state index contributed by atoms with van der Waals surface area (Å²) in [7, 11) is 1.19. The highest BCUT2D eigenvalue weighted by atomic mass is 16.6.